The number of para-hydroxylation sites is 1. The van der Waals surface area contributed by atoms with E-state index in [1.165, 1.54) is 12.7 Å². The standard InChI is InChI=1S/C16H21NO3/c1-3-20-12-7-5-4-6-11(12)15-8-16(9-15,10-15)13(17)14(18)19-2/h4-7,13H,3,8-10,17H2,1-2H3. The molecular weight excluding hydrogens is 254 g/mol. The van der Waals surface area contributed by atoms with Gasteiger partial charge in [-0.05, 0) is 37.7 Å². The largest absolute Gasteiger partial charge is 0.494 e. The van der Waals surface area contributed by atoms with Crippen LogP contribution in [0.15, 0.2) is 24.3 Å². The van der Waals surface area contributed by atoms with E-state index in [2.05, 4.69) is 6.07 Å². The molecule has 0 radical (unpaired) electrons. The number of hydrogen-bond donors (Lipinski definition) is 1. The second-order valence-electron chi connectivity index (χ2n) is 6.10. The number of ether oxygens (including phenoxy) is 2. The molecule has 20 heavy (non-hydrogen) atoms. The Bertz CT molecular complexity index is 521. The minimum absolute atomic E-state index is 0.0492. The van der Waals surface area contributed by atoms with Crippen molar-refractivity contribution in [1.29, 1.82) is 0 Å². The number of benzene rings is 1. The van der Waals surface area contributed by atoms with Gasteiger partial charge in [0, 0.05) is 11.0 Å². The van der Waals surface area contributed by atoms with Crippen LogP contribution in [0.5, 0.6) is 5.75 Å². The van der Waals surface area contributed by atoms with Gasteiger partial charge < -0.3 is 15.2 Å². The molecule has 1 unspecified atom stereocenters. The Morgan fingerprint density at radius 3 is 2.60 bits per heavy atom. The molecule has 0 aromatic heterocycles. The van der Waals surface area contributed by atoms with E-state index in [9.17, 15) is 4.79 Å². The maximum atomic E-state index is 11.6. The van der Waals surface area contributed by atoms with Crippen LogP contribution in [-0.4, -0.2) is 25.7 Å². The summed E-state index contributed by atoms with van der Waals surface area (Å²) in [5, 5.41) is 0. The lowest BCUT2D eigenvalue weighted by atomic mass is 9.31. The first-order chi connectivity index (χ1) is 9.57. The van der Waals surface area contributed by atoms with E-state index in [1.807, 2.05) is 25.1 Å². The van der Waals surface area contributed by atoms with Gasteiger partial charge in [-0.1, -0.05) is 18.2 Å². The molecule has 3 aliphatic carbocycles. The Morgan fingerprint density at radius 1 is 1.35 bits per heavy atom. The molecule has 1 atom stereocenters. The third-order valence-electron chi connectivity index (χ3n) is 4.94. The monoisotopic (exact) mass is 275 g/mol. The molecule has 3 fully saturated rings. The normalized spacial score (nSPS) is 31.8. The molecule has 0 amide bonds. The SMILES string of the molecule is CCOc1ccccc1C12CC(C(N)C(=O)OC)(C1)C2. The minimum atomic E-state index is -0.492. The van der Waals surface area contributed by atoms with Gasteiger partial charge >= 0.3 is 5.97 Å². The van der Waals surface area contributed by atoms with Crippen LogP contribution >= 0.6 is 0 Å². The van der Waals surface area contributed by atoms with Gasteiger partial charge in [0.1, 0.15) is 11.8 Å². The van der Waals surface area contributed by atoms with Crippen LogP contribution in [-0.2, 0) is 14.9 Å². The third-order valence-corrected chi connectivity index (χ3v) is 4.94. The van der Waals surface area contributed by atoms with Crippen LogP contribution in [0.25, 0.3) is 0 Å². The van der Waals surface area contributed by atoms with E-state index in [-0.39, 0.29) is 16.8 Å². The number of hydrogen-bond acceptors (Lipinski definition) is 4. The quantitative estimate of drug-likeness (QED) is 0.835. The van der Waals surface area contributed by atoms with Crippen LogP contribution < -0.4 is 10.5 Å². The molecule has 3 saturated carbocycles. The summed E-state index contributed by atoms with van der Waals surface area (Å²) in [7, 11) is 1.40. The van der Waals surface area contributed by atoms with Crippen LogP contribution in [0.2, 0.25) is 0 Å². The van der Waals surface area contributed by atoms with Gasteiger partial charge in [0.15, 0.2) is 0 Å². The van der Waals surface area contributed by atoms with Gasteiger partial charge in [0.25, 0.3) is 0 Å². The average Bonchev–Trinajstić information content (AvgIpc) is 2.37. The lowest BCUT2D eigenvalue weighted by Crippen LogP contribution is -2.72. The summed E-state index contributed by atoms with van der Waals surface area (Å²) in [4.78, 5) is 11.6. The third kappa shape index (κ3) is 1.67. The summed E-state index contributed by atoms with van der Waals surface area (Å²) in [6.07, 6.45) is 2.88. The molecule has 1 aromatic carbocycles. The first-order valence-electron chi connectivity index (χ1n) is 7.13. The van der Waals surface area contributed by atoms with Crippen molar-refractivity contribution in [3.63, 3.8) is 0 Å². The van der Waals surface area contributed by atoms with Gasteiger partial charge in [-0.2, -0.15) is 0 Å². The first-order valence-corrected chi connectivity index (χ1v) is 7.13. The molecule has 0 aliphatic heterocycles. The fourth-order valence-electron chi connectivity index (χ4n) is 4.05. The van der Waals surface area contributed by atoms with Crippen LogP contribution in [0, 0.1) is 5.41 Å². The molecule has 2 bridgehead atoms. The molecule has 4 nitrogen and oxygen atoms in total. The lowest BCUT2D eigenvalue weighted by molar-refractivity contribution is -0.181. The Labute approximate surface area is 119 Å². The van der Waals surface area contributed by atoms with Crippen molar-refractivity contribution >= 4 is 5.97 Å². The van der Waals surface area contributed by atoms with Gasteiger partial charge in [0.2, 0.25) is 0 Å². The zero-order valence-electron chi connectivity index (χ0n) is 12.0. The molecule has 3 aliphatic rings. The number of carbonyl (C=O) groups excluding carboxylic acids is 1. The van der Waals surface area contributed by atoms with Gasteiger partial charge in [-0.3, -0.25) is 4.79 Å². The highest BCUT2D eigenvalue weighted by Gasteiger charge is 2.72. The van der Waals surface area contributed by atoms with Crippen molar-refractivity contribution < 1.29 is 14.3 Å². The topological polar surface area (TPSA) is 61.5 Å². The number of esters is 1. The second-order valence-corrected chi connectivity index (χ2v) is 6.10. The van der Waals surface area contributed by atoms with Crippen LogP contribution in [0.1, 0.15) is 31.7 Å². The highest BCUT2D eigenvalue weighted by Crippen LogP contribution is 2.75. The minimum Gasteiger partial charge on any atom is -0.494 e. The maximum absolute atomic E-state index is 11.6. The maximum Gasteiger partial charge on any atom is 0.323 e. The van der Waals surface area contributed by atoms with E-state index in [0.717, 1.165) is 25.0 Å². The summed E-state index contributed by atoms with van der Waals surface area (Å²) in [6.45, 7) is 2.66. The van der Waals surface area contributed by atoms with Crippen LogP contribution in [0.4, 0.5) is 0 Å². The van der Waals surface area contributed by atoms with Crippen molar-refractivity contribution in [1.82, 2.24) is 0 Å². The smallest absolute Gasteiger partial charge is 0.323 e. The van der Waals surface area contributed by atoms with E-state index < -0.39 is 6.04 Å². The Balaban J connectivity index is 1.77. The molecule has 0 spiro atoms. The van der Waals surface area contributed by atoms with Crippen LogP contribution in [0.3, 0.4) is 0 Å². The number of rotatable bonds is 5. The summed E-state index contributed by atoms with van der Waals surface area (Å²) in [5.74, 6) is 0.673. The molecule has 4 heteroatoms. The van der Waals surface area contributed by atoms with Crippen molar-refractivity contribution in [2.24, 2.45) is 11.1 Å². The average molecular weight is 275 g/mol. The van der Waals surface area contributed by atoms with Crippen molar-refractivity contribution in [2.75, 3.05) is 13.7 Å². The molecule has 2 N–H and O–H groups in total. The highest BCUT2D eigenvalue weighted by atomic mass is 16.5. The Hall–Kier alpha value is -1.55. The summed E-state index contributed by atoms with van der Waals surface area (Å²) >= 11 is 0. The summed E-state index contributed by atoms with van der Waals surface area (Å²) in [6, 6.07) is 7.71. The zero-order valence-corrected chi connectivity index (χ0v) is 12.0. The molecule has 0 heterocycles. The van der Waals surface area contributed by atoms with Crippen molar-refractivity contribution in [2.45, 2.75) is 37.6 Å². The molecule has 1 aromatic rings. The predicted octanol–water partition coefficient (Wildman–Crippen LogP) is 2.01. The summed E-state index contributed by atoms with van der Waals surface area (Å²) < 4.78 is 10.5. The Kier molecular flexibility index (Phi) is 3.01. The van der Waals surface area contributed by atoms with E-state index in [4.69, 9.17) is 15.2 Å². The lowest BCUT2D eigenvalue weighted by Gasteiger charge is -2.72. The number of methoxy groups -OCH3 is 1. The molecular formula is C16H21NO3. The van der Waals surface area contributed by atoms with E-state index in [0.29, 0.717) is 6.61 Å². The van der Waals surface area contributed by atoms with Crippen molar-refractivity contribution in [3.05, 3.63) is 29.8 Å². The summed E-state index contributed by atoms with van der Waals surface area (Å²) in [5.41, 5.74) is 7.41. The molecule has 108 valence electrons. The van der Waals surface area contributed by atoms with E-state index in [1.54, 1.807) is 0 Å². The van der Waals surface area contributed by atoms with E-state index >= 15 is 0 Å². The van der Waals surface area contributed by atoms with Gasteiger partial charge in [0.05, 0.1) is 13.7 Å². The van der Waals surface area contributed by atoms with Gasteiger partial charge in [-0.15, -0.1) is 0 Å². The fourth-order valence-corrected chi connectivity index (χ4v) is 4.05. The van der Waals surface area contributed by atoms with Crippen molar-refractivity contribution in [3.8, 4) is 5.75 Å². The fraction of sp³-hybridized carbons (Fsp3) is 0.562. The number of nitrogens with two attached hydrogens (primary N) is 1. The number of carbonyl (C=O) groups is 1. The molecule has 4 rings (SSSR count). The zero-order chi connectivity index (χ0) is 14.4. The predicted molar refractivity (Wildman–Crippen MR) is 75.6 cm³/mol. The Morgan fingerprint density at radius 2 is 2.00 bits per heavy atom. The molecule has 0 saturated heterocycles. The first kappa shape index (κ1) is 13.4. The van der Waals surface area contributed by atoms with Gasteiger partial charge in [-0.25, -0.2) is 0 Å². The second kappa shape index (κ2) is 4.48. The highest BCUT2D eigenvalue weighted by molar-refractivity contribution is 5.78.